The summed E-state index contributed by atoms with van der Waals surface area (Å²) in [6.07, 6.45) is 9.28. The first-order valence-electron chi connectivity index (χ1n) is 8.96. The molecule has 23 heavy (non-hydrogen) atoms. The maximum absolute atomic E-state index is 12.2. The highest BCUT2D eigenvalue weighted by Crippen LogP contribution is 2.27. The van der Waals surface area contributed by atoms with Gasteiger partial charge in [0, 0.05) is 36.5 Å². The molecule has 0 aromatic rings. The van der Waals surface area contributed by atoms with Crippen molar-refractivity contribution in [1.29, 1.82) is 0 Å². The van der Waals surface area contributed by atoms with Gasteiger partial charge in [0.25, 0.3) is 0 Å². The molecular formula is C17H30ClN3O2. The number of carbonyl (C=O) groups is 2. The van der Waals surface area contributed by atoms with E-state index in [1.807, 2.05) is 6.92 Å². The van der Waals surface area contributed by atoms with Crippen LogP contribution in [-0.4, -0.2) is 36.0 Å². The van der Waals surface area contributed by atoms with Crippen LogP contribution in [0.1, 0.15) is 64.7 Å². The van der Waals surface area contributed by atoms with Crippen LogP contribution in [0, 0.1) is 5.92 Å². The Hall–Kier alpha value is -0.810. The van der Waals surface area contributed by atoms with Crippen molar-refractivity contribution in [2.24, 2.45) is 5.92 Å². The molecule has 3 unspecified atom stereocenters. The highest BCUT2D eigenvalue weighted by molar-refractivity contribution is 5.85. The second-order valence-electron chi connectivity index (χ2n) is 7.47. The van der Waals surface area contributed by atoms with Crippen LogP contribution in [0.2, 0.25) is 0 Å². The van der Waals surface area contributed by atoms with Crippen LogP contribution in [-0.2, 0) is 9.59 Å². The van der Waals surface area contributed by atoms with E-state index < -0.39 is 0 Å². The second-order valence-corrected chi connectivity index (χ2v) is 7.47. The molecule has 3 aliphatic rings. The summed E-state index contributed by atoms with van der Waals surface area (Å²) >= 11 is 0. The van der Waals surface area contributed by atoms with Crippen molar-refractivity contribution in [1.82, 2.24) is 16.0 Å². The highest BCUT2D eigenvalue weighted by atomic mass is 35.5. The van der Waals surface area contributed by atoms with E-state index in [0.717, 1.165) is 38.5 Å². The maximum atomic E-state index is 12.2. The number of piperidine rings is 1. The van der Waals surface area contributed by atoms with Crippen LogP contribution < -0.4 is 16.0 Å². The number of hydrogen-bond donors (Lipinski definition) is 3. The summed E-state index contributed by atoms with van der Waals surface area (Å²) in [6, 6.07) is 1.41. The summed E-state index contributed by atoms with van der Waals surface area (Å²) in [5.74, 6) is 0.383. The highest BCUT2D eigenvalue weighted by Gasteiger charge is 2.34. The molecule has 1 aliphatic carbocycles. The van der Waals surface area contributed by atoms with Crippen molar-refractivity contribution in [3.8, 4) is 0 Å². The third-order valence-corrected chi connectivity index (χ3v) is 5.44. The van der Waals surface area contributed by atoms with Crippen molar-refractivity contribution < 1.29 is 9.59 Å². The lowest BCUT2D eigenvalue weighted by Gasteiger charge is -2.30. The fourth-order valence-corrected chi connectivity index (χ4v) is 4.34. The summed E-state index contributed by atoms with van der Waals surface area (Å²) in [6.45, 7) is 1.93. The Bertz CT molecular complexity index is 414. The van der Waals surface area contributed by atoms with Gasteiger partial charge >= 0.3 is 0 Å². The van der Waals surface area contributed by atoms with Crippen molar-refractivity contribution in [2.45, 2.75) is 88.9 Å². The van der Waals surface area contributed by atoms with Gasteiger partial charge in [-0.25, -0.2) is 0 Å². The Morgan fingerprint density at radius 1 is 1.09 bits per heavy atom. The molecule has 2 amide bonds. The van der Waals surface area contributed by atoms with E-state index in [1.54, 1.807) is 0 Å². The number of hydrogen-bond acceptors (Lipinski definition) is 3. The molecule has 2 bridgehead atoms. The Balaban J connectivity index is 0.00000192. The number of carbonyl (C=O) groups excluding carboxylic acids is 2. The Labute approximate surface area is 145 Å². The van der Waals surface area contributed by atoms with Gasteiger partial charge in [0.15, 0.2) is 0 Å². The molecule has 6 heteroatoms. The van der Waals surface area contributed by atoms with E-state index >= 15 is 0 Å². The van der Waals surface area contributed by atoms with Gasteiger partial charge in [0.05, 0.1) is 0 Å². The van der Waals surface area contributed by atoms with Gasteiger partial charge in [0.1, 0.15) is 0 Å². The van der Waals surface area contributed by atoms with Crippen LogP contribution in [0.25, 0.3) is 0 Å². The molecule has 2 saturated heterocycles. The van der Waals surface area contributed by atoms with Crippen molar-refractivity contribution in [3.63, 3.8) is 0 Å². The van der Waals surface area contributed by atoms with Crippen molar-refractivity contribution in [3.05, 3.63) is 0 Å². The van der Waals surface area contributed by atoms with Crippen LogP contribution >= 0.6 is 12.4 Å². The average Bonchev–Trinajstić information content (AvgIpc) is 3.08. The topological polar surface area (TPSA) is 70.2 Å². The third-order valence-electron chi connectivity index (χ3n) is 5.44. The fourth-order valence-electron chi connectivity index (χ4n) is 4.34. The average molecular weight is 344 g/mol. The van der Waals surface area contributed by atoms with Crippen molar-refractivity contribution in [2.75, 3.05) is 0 Å². The van der Waals surface area contributed by atoms with Crippen LogP contribution in [0.4, 0.5) is 0 Å². The first-order chi connectivity index (χ1) is 10.6. The Morgan fingerprint density at radius 2 is 1.70 bits per heavy atom. The summed E-state index contributed by atoms with van der Waals surface area (Å²) in [5, 5.41) is 9.75. The van der Waals surface area contributed by atoms with Crippen LogP contribution in [0.15, 0.2) is 0 Å². The Kier molecular flexibility index (Phi) is 6.72. The van der Waals surface area contributed by atoms with Gasteiger partial charge in [0.2, 0.25) is 11.8 Å². The zero-order chi connectivity index (χ0) is 15.5. The quantitative estimate of drug-likeness (QED) is 0.714. The van der Waals surface area contributed by atoms with E-state index in [9.17, 15) is 9.59 Å². The zero-order valence-electron chi connectivity index (χ0n) is 14.0. The normalized spacial score (nSPS) is 31.3. The predicted molar refractivity (Wildman–Crippen MR) is 92.5 cm³/mol. The number of halogens is 1. The molecule has 0 radical (unpaired) electrons. The number of nitrogens with one attached hydrogen (secondary N) is 3. The SMILES string of the molecule is CC(CC(=O)NC1CC2CCC(C1)N2)NC(=O)C1CCCC1.Cl. The monoisotopic (exact) mass is 343 g/mol. The molecule has 3 rings (SSSR count). The van der Waals surface area contributed by atoms with E-state index in [4.69, 9.17) is 0 Å². The molecule has 3 atom stereocenters. The number of amides is 2. The first-order valence-corrected chi connectivity index (χ1v) is 8.96. The molecule has 2 aliphatic heterocycles. The lowest BCUT2D eigenvalue weighted by Crippen LogP contribution is -2.49. The van der Waals surface area contributed by atoms with Crippen LogP contribution in [0.5, 0.6) is 0 Å². The summed E-state index contributed by atoms with van der Waals surface area (Å²) < 4.78 is 0. The minimum atomic E-state index is -0.0773. The van der Waals surface area contributed by atoms with Gasteiger partial charge in [-0.3, -0.25) is 9.59 Å². The molecule has 5 nitrogen and oxygen atoms in total. The number of fused-ring (bicyclic) bond motifs is 2. The van der Waals surface area contributed by atoms with Gasteiger partial charge < -0.3 is 16.0 Å². The maximum Gasteiger partial charge on any atom is 0.223 e. The molecule has 3 fully saturated rings. The van der Waals surface area contributed by atoms with E-state index in [1.165, 1.54) is 12.8 Å². The van der Waals surface area contributed by atoms with Crippen molar-refractivity contribution >= 4 is 24.2 Å². The van der Waals surface area contributed by atoms with E-state index in [0.29, 0.717) is 24.5 Å². The number of rotatable bonds is 5. The fraction of sp³-hybridized carbons (Fsp3) is 0.882. The molecule has 0 spiro atoms. The van der Waals surface area contributed by atoms with Gasteiger partial charge in [-0.1, -0.05) is 12.8 Å². The molecular weight excluding hydrogens is 314 g/mol. The lowest BCUT2D eigenvalue weighted by molar-refractivity contribution is -0.126. The second kappa shape index (κ2) is 8.34. The third kappa shape index (κ3) is 5.08. The molecule has 0 aromatic carbocycles. The molecule has 3 N–H and O–H groups in total. The minimum absolute atomic E-state index is 0. The van der Waals surface area contributed by atoms with Gasteiger partial charge in [-0.15, -0.1) is 12.4 Å². The Morgan fingerprint density at radius 3 is 2.30 bits per heavy atom. The minimum Gasteiger partial charge on any atom is -0.353 e. The smallest absolute Gasteiger partial charge is 0.223 e. The van der Waals surface area contributed by atoms with E-state index in [-0.39, 0.29) is 36.2 Å². The van der Waals surface area contributed by atoms with Gasteiger partial charge in [-0.05, 0) is 45.4 Å². The molecule has 1 saturated carbocycles. The summed E-state index contributed by atoms with van der Waals surface area (Å²) in [4.78, 5) is 24.2. The molecule has 0 aromatic heterocycles. The predicted octanol–water partition coefficient (Wildman–Crippen LogP) is 1.89. The van der Waals surface area contributed by atoms with E-state index in [2.05, 4.69) is 16.0 Å². The largest absolute Gasteiger partial charge is 0.353 e. The lowest BCUT2D eigenvalue weighted by atomic mass is 9.99. The molecule has 2 heterocycles. The molecule has 132 valence electrons. The van der Waals surface area contributed by atoms with Gasteiger partial charge in [-0.2, -0.15) is 0 Å². The van der Waals surface area contributed by atoms with Crippen LogP contribution in [0.3, 0.4) is 0 Å². The standard InChI is InChI=1S/C17H29N3O2.ClH/c1-11(18-17(22)12-4-2-3-5-12)8-16(21)20-15-9-13-6-7-14(10-15)19-13;/h11-15,19H,2-10H2,1H3,(H,18,22)(H,20,21);1H. The summed E-state index contributed by atoms with van der Waals surface area (Å²) in [7, 11) is 0. The zero-order valence-corrected chi connectivity index (χ0v) is 14.8. The summed E-state index contributed by atoms with van der Waals surface area (Å²) in [5.41, 5.74) is 0. The first kappa shape index (κ1) is 18.5.